The van der Waals surface area contributed by atoms with Crippen LogP contribution in [0, 0.1) is 5.92 Å². The zero-order chi connectivity index (χ0) is 20.2. The normalized spacial score (nSPS) is 19.9. The molecule has 2 heterocycles. The number of fused-ring (bicyclic) bond motifs is 1. The number of rotatable bonds is 7. The number of nitrogens with zero attached hydrogens (tertiary/aromatic N) is 2. The molecule has 5 nitrogen and oxygen atoms in total. The fraction of sp³-hybridized carbons (Fsp3) is 0.240. The van der Waals surface area contributed by atoms with Crippen molar-refractivity contribution in [3.05, 3.63) is 103 Å². The molecule has 1 fully saturated rings. The Morgan fingerprint density at radius 1 is 1.00 bits per heavy atom. The minimum atomic E-state index is 0.231. The van der Waals surface area contributed by atoms with Crippen molar-refractivity contribution >= 4 is 10.8 Å². The molecule has 1 saturated heterocycles. The van der Waals surface area contributed by atoms with Gasteiger partial charge in [-0.3, -0.25) is 5.43 Å². The van der Waals surface area contributed by atoms with Crippen LogP contribution < -0.4 is 16.2 Å². The Balaban J connectivity index is 1.35. The molecule has 5 rings (SSSR count). The molecule has 0 saturated carbocycles. The van der Waals surface area contributed by atoms with Gasteiger partial charge in [-0.1, -0.05) is 72.8 Å². The van der Waals surface area contributed by atoms with Gasteiger partial charge in [0.05, 0.1) is 18.4 Å². The van der Waals surface area contributed by atoms with E-state index in [0.29, 0.717) is 5.92 Å². The summed E-state index contributed by atoms with van der Waals surface area (Å²) in [7, 11) is 0. The Labute approximate surface area is 177 Å². The first kappa shape index (κ1) is 19.0. The van der Waals surface area contributed by atoms with E-state index >= 15 is 0 Å². The summed E-state index contributed by atoms with van der Waals surface area (Å²) in [5.74, 6) is 0.449. The van der Waals surface area contributed by atoms with E-state index in [1.165, 1.54) is 21.9 Å². The quantitative estimate of drug-likeness (QED) is 0.444. The van der Waals surface area contributed by atoms with Crippen molar-refractivity contribution in [1.82, 2.24) is 25.7 Å². The van der Waals surface area contributed by atoms with E-state index < -0.39 is 0 Å². The molecule has 4 aromatic rings. The van der Waals surface area contributed by atoms with Gasteiger partial charge in [-0.25, -0.2) is 10.4 Å². The molecule has 3 unspecified atom stereocenters. The summed E-state index contributed by atoms with van der Waals surface area (Å²) in [6.45, 7) is 2.71. The van der Waals surface area contributed by atoms with E-state index in [4.69, 9.17) is 0 Å². The van der Waals surface area contributed by atoms with Crippen molar-refractivity contribution in [1.29, 1.82) is 0 Å². The number of hydrogen-bond donors (Lipinski definition) is 3. The number of benzene rings is 3. The van der Waals surface area contributed by atoms with Gasteiger partial charge in [0.1, 0.15) is 0 Å². The highest BCUT2D eigenvalue weighted by molar-refractivity contribution is 5.86. The summed E-state index contributed by atoms with van der Waals surface area (Å²) in [5.41, 5.74) is 9.56. The van der Waals surface area contributed by atoms with Crippen LogP contribution in [0.15, 0.2) is 91.5 Å². The average Bonchev–Trinajstić information content (AvgIpc) is 3.49. The predicted octanol–water partition coefficient (Wildman–Crippen LogP) is 3.83. The average molecular weight is 398 g/mol. The number of nitrogens with one attached hydrogen (secondary N) is 3. The van der Waals surface area contributed by atoms with E-state index in [1.54, 1.807) is 0 Å². The summed E-state index contributed by atoms with van der Waals surface area (Å²) >= 11 is 0. The SMILES string of the molecule is c1ccc(C(Cn2ccnc2)NCC2CNNC2c2cccc3ccccc23)cc1. The lowest BCUT2D eigenvalue weighted by atomic mass is 9.90. The van der Waals surface area contributed by atoms with Crippen molar-refractivity contribution in [2.24, 2.45) is 5.92 Å². The lowest BCUT2D eigenvalue weighted by Crippen LogP contribution is -2.33. The molecule has 1 aromatic heterocycles. The monoisotopic (exact) mass is 397 g/mol. The lowest BCUT2D eigenvalue weighted by Gasteiger charge is -2.25. The maximum absolute atomic E-state index is 4.20. The maximum Gasteiger partial charge on any atom is 0.0946 e. The molecule has 3 aromatic carbocycles. The van der Waals surface area contributed by atoms with Gasteiger partial charge in [-0.2, -0.15) is 0 Å². The van der Waals surface area contributed by atoms with E-state index in [2.05, 4.69) is 98.5 Å². The minimum Gasteiger partial charge on any atom is -0.336 e. The minimum absolute atomic E-state index is 0.231. The second kappa shape index (κ2) is 8.79. The second-order valence-corrected chi connectivity index (χ2v) is 7.96. The molecule has 1 aliphatic rings. The van der Waals surface area contributed by atoms with Gasteiger partial charge in [0.2, 0.25) is 0 Å². The first-order valence-corrected chi connectivity index (χ1v) is 10.6. The van der Waals surface area contributed by atoms with Crippen molar-refractivity contribution in [2.45, 2.75) is 18.6 Å². The van der Waals surface area contributed by atoms with Crippen LogP contribution in [0.3, 0.4) is 0 Å². The summed E-state index contributed by atoms with van der Waals surface area (Å²) in [6, 6.07) is 26.4. The van der Waals surface area contributed by atoms with Gasteiger partial charge >= 0.3 is 0 Å². The molecule has 1 aliphatic heterocycles. The summed E-state index contributed by atoms with van der Waals surface area (Å²) in [5, 5.41) is 6.45. The molecular weight excluding hydrogens is 370 g/mol. The van der Waals surface area contributed by atoms with Crippen molar-refractivity contribution in [3.63, 3.8) is 0 Å². The molecule has 0 spiro atoms. The first-order chi connectivity index (χ1) is 14.9. The lowest BCUT2D eigenvalue weighted by molar-refractivity contribution is 0.387. The van der Waals surface area contributed by atoms with Crippen molar-refractivity contribution in [2.75, 3.05) is 13.1 Å². The van der Waals surface area contributed by atoms with Gasteiger partial charge < -0.3 is 9.88 Å². The Morgan fingerprint density at radius 2 is 1.83 bits per heavy atom. The third-order valence-corrected chi connectivity index (χ3v) is 6.03. The highest BCUT2D eigenvalue weighted by atomic mass is 15.4. The van der Waals surface area contributed by atoms with Crippen LogP contribution in [-0.2, 0) is 6.54 Å². The van der Waals surface area contributed by atoms with Crippen LogP contribution in [-0.4, -0.2) is 22.6 Å². The fourth-order valence-corrected chi connectivity index (χ4v) is 4.45. The van der Waals surface area contributed by atoms with Gasteiger partial charge in [0, 0.05) is 37.9 Å². The topological polar surface area (TPSA) is 53.9 Å². The number of aromatic nitrogens is 2. The molecule has 152 valence electrons. The Hall–Kier alpha value is -2.99. The Morgan fingerprint density at radius 3 is 2.70 bits per heavy atom. The van der Waals surface area contributed by atoms with E-state index in [-0.39, 0.29) is 12.1 Å². The highest BCUT2D eigenvalue weighted by Crippen LogP contribution is 2.31. The maximum atomic E-state index is 4.20. The van der Waals surface area contributed by atoms with Crippen LogP contribution >= 0.6 is 0 Å². The third kappa shape index (κ3) is 4.00. The highest BCUT2D eigenvalue weighted by Gasteiger charge is 2.29. The number of hydrazine groups is 1. The standard InChI is InChI=1S/C25H27N5/c1-2-8-20(9-3-1)24(17-30-14-13-26-18-30)27-15-21-16-28-29-25(21)23-12-6-10-19-7-4-5-11-22(19)23/h1-14,18,21,24-25,27-29H,15-17H2. The molecule has 0 amide bonds. The fourth-order valence-electron chi connectivity index (χ4n) is 4.45. The molecule has 30 heavy (non-hydrogen) atoms. The zero-order valence-corrected chi connectivity index (χ0v) is 16.9. The third-order valence-electron chi connectivity index (χ3n) is 6.03. The second-order valence-electron chi connectivity index (χ2n) is 7.96. The van der Waals surface area contributed by atoms with Gasteiger partial charge in [-0.05, 0) is 21.9 Å². The van der Waals surface area contributed by atoms with Crippen LogP contribution in [0.4, 0.5) is 0 Å². The van der Waals surface area contributed by atoms with E-state index in [9.17, 15) is 0 Å². The number of imidazole rings is 1. The molecule has 3 N–H and O–H groups in total. The molecule has 0 bridgehead atoms. The zero-order valence-electron chi connectivity index (χ0n) is 16.9. The molecule has 0 aliphatic carbocycles. The summed E-state index contributed by atoms with van der Waals surface area (Å²) < 4.78 is 2.14. The summed E-state index contributed by atoms with van der Waals surface area (Å²) in [6.07, 6.45) is 5.74. The van der Waals surface area contributed by atoms with Crippen molar-refractivity contribution < 1.29 is 0 Å². The van der Waals surface area contributed by atoms with E-state index in [1.807, 2.05) is 18.7 Å². The van der Waals surface area contributed by atoms with Crippen LogP contribution in [0.25, 0.3) is 10.8 Å². The van der Waals surface area contributed by atoms with Gasteiger partial charge in [-0.15, -0.1) is 0 Å². The first-order valence-electron chi connectivity index (χ1n) is 10.6. The van der Waals surface area contributed by atoms with Crippen LogP contribution in [0.5, 0.6) is 0 Å². The predicted molar refractivity (Wildman–Crippen MR) is 121 cm³/mol. The molecule has 5 heteroatoms. The van der Waals surface area contributed by atoms with Gasteiger partial charge in [0.25, 0.3) is 0 Å². The van der Waals surface area contributed by atoms with E-state index in [0.717, 1.165) is 19.6 Å². The van der Waals surface area contributed by atoms with Gasteiger partial charge in [0.15, 0.2) is 0 Å². The van der Waals surface area contributed by atoms with Crippen LogP contribution in [0.1, 0.15) is 23.2 Å². The molecule has 0 radical (unpaired) electrons. The number of hydrogen-bond acceptors (Lipinski definition) is 4. The largest absolute Gasteiger partial charge is 0.336 e. The molecule has 3 atom stereocenters. The smallest absolute Gasteiger partial charge is 0.0946 e. The van der Waals surface area contributed by atoms with Crippen LogP contribution in [0.2, 0.25) is 0 Å². The Bertz CT molecular complexity index is 1070. The Kier molecular flexibility index (Phi) is 5.57. The van der Waals surface area contributed by atoms with Crippen molar-refractivity contribution in [3.8, 4) is 0 Å². The summed E-state index contributed by atoms with van der Waals surface area (Å²) in [4.78, 5) is 4.20. The molecular formula is C25H27N5.